The maximum atomic E-state index is 13.7. The number of aromatic nitrogens is 1. The summed E-state index contributed by atoms with van der Waals surface area (Å²) < 4.78 is 45.1. The van der Waals surface area contributed by atoms with Gasteiger partial charge < -0.3 is 4.74 Å². The van der Waals surface area contributed by atoms with E-state index in [1.807, 2.05) is 0 Å². The number of rotatable bonds is 5. The van der Waals surface area contributed by atoms with Crippen LogP contribution in [0.5, 0.6) is 5.75 Å². The van der Waals surface area contributed by atoms with Gasteiger partial charge >= 0.3 is 0 Å². The topological polar surface area (TPSA) is 68.3 Å². The van der Waals surface area contributed by atoms with Crippen molar-refractivity contribution in [3.05, 3.63) is 48.4 Å². The minimum atomic E-state index is -3.88. The lowest BCUT2D eigenvalue weighted by atomic mass is 10.3. The van der Waals surface area contributed by atoms with Crippen LogP contribution in [0.15, 0.2) is 47.5 Å². The van der Waals surface area contributed by atoms with Crippen LogP contribution in [0.2, 0.25) is 0 Å². The number of nitrogens with zero attached hydrogens (tertiary/aromatic N) is 1. The van der Waals surface area contributed by atoms with Gasteiger partial charge in [-0.2, -0.15) is 0 Å². The Morgan fingerprint density at radius 1 is 1.30 bits per heavy atom. The van der Waals surface area contributed by atoms with Gasteiger partial charge in [0.2, 0.25) is 0 Å². The van der Waals surface area contributed by atoms with E-state index in [4.69, 9.17) is 4.74 Å². The van der Waals surface area contributed by atoms with Crippen molar-refractivity contribution in [2.24, 2.45) is 0 Å². The fourth-order valence-electron chi connectivity index (χ4n) is 1.54. The summed E-state index contributed by atoms with van der Waals surface area (Å²) in [5.41, 5.74) is 0. The van der Waals surface area contributed by atoms with Crippen LogP contribution in [-0.4, -0.2) is 20.0 Å². The normalized spacial score (nSPS) is 11.1. The predicted octanol–water partition coefficient (Wildman–Crippen LogP) is 2.42. The van der Waals surface area contributed by atoms with E-state index in [1.54, 1.807) is 19.1 Å². The van der Waals surface area contributed by atoms with E-state index in [0.29, 0.717) is 6.61 Å². The predicted molar refractivity (Wildman–Crippen MR) is 72.6 cm³/mol. The molecule has 1 N–H and O–H groups in total. The highest BCUT2D eigenvalue weighted by Crippen LogP contribution is 2.22. The van der Waals surface area contributed by atoms with Crippen LogP contribution in [0, 0.1) is 5.82 Å². The number of halogens is 1. The Morgan fingerprint density at radius 2 is 2.10 bits per heavy atom. The zero-order valence-corrected chi connectivity index (χ0v) is 11.5. The molecule has 1 aromatic heterocycles. The lowest BCUT2D eigenvalue weighted by molar-refractivity contribution is 0.321. The number of anilines is 1. The molecule has 0 atom stereocenters. The molecule has 0 bridgehead atoms. The maximum absolute atomic E-state index is 13.7. The van der Waals surface area contributed by atoms with Gasteiger partial charge in [0.15, 0.2) is 11.6 Å². The van der Waals surface area contributed by atoms with Crippen LogP contribution >= 0.6 is 0 Å². The molecule has 20 heavy (non-hydrogen) atoms. The summed E-state index contributed by atoms with van der Waals surface area (Å²) in [7, 11) is -3.88. The zero-order chi connectivity index (χ0) is 14.6. The van der Waals surface area contributed by atoms with Gasteiger partial charge in [0, 0.05) is 6.20 Å². The van der Waals surface area contributed by atoms with Gasteiger partial charge in [0.25, 0.3) is 10.0 Å². The first-order chi connectivity index (χ1) is 9.53. The van der Waals surface area contributed by atoms with Gasteiger partial charge in [-0.1, -0.05) is 6.07 Å². The van der Waals surface area contributed by atoms with Gasteiger partial charge in [-0.3, -0.25) is 4.72 Å². The minimum absolute atomic E-state index is 0.0179. The lowest BCUT2D eigenvalue weighted by Crippen LogP contribution is -2.14. The summed E-state index contributed by atoms with van der Waals surface area (Å²) in [4.78, 5) is 3.66. The average molecular weight is 296 g/mol. The van der Waals surface area contributed by atoms with E-state index in [9.17, 15) is 12.8 Å². The van der Waals surface area contributed by atoms with E-state index >= 15 is 0 Å². The summed E-state index contributed by atoms with van der Waals surface area (Å²) >= 11 is 0. The number of hydrogen-bond acceptors (Lipinski definition) is 4. The molecule has 0 fully saturated rings. The largest absolute Gasteiger partial charge is 0.491 e. The number of hydrogen-bond donors (Lipinski definition) is 1. The third-order valence-electron chi connectivity index (χ3n) is 2.42. The smallest absolute Gasteiger partial charge is 0.263 e. The third-order valence-corrected chi connectivity index (χ3v) is 3.77. The van der Waals surface area contributed by atoms with Gasteiger partial charge in [0.05, 0.1) is 11.5 Å². The second-order valence-electron chi connectivity index (χ2n) is 3.85. The van der Waals surface area contributed by atoms with E-state index in [1.165, 1.54) is 24.4 Å². The number of ether oxygens (including phenoxy) is 1. The summed E-state index contributed by atoms with van der Waals surface area (Å²) in [5, 5.41) is 0. The highest BCUT2D eigenvalue weighted by atomic mass is 32.2. The molecule has 0 saturated carbocycles. The molecule has 2 rings (SSSR count). The lowest BCUT2D eigenvalue weighted by Gasteiger charge is -2.09. The van der Waals surface area contributed by atoms with Crippen LogP contribution in [0.25, 0.3) is 0 Å². The van der Waals surface area contributed by atoms with Crippen LogP contribution in [0.3, 0.4) is 0 Å². The summed E-state index contributed by atoms with van der Waals surface area (Å²) in [6, 6.07) is 8.28. The highest BCUT2D eigenvalue weighted by molar-refractivity contribution is 7.92. The standard InChI is InChI=1S/C13H13FN2O3S/c1-2-19-12-7-6-10(9-11(12)14)20(17,18)16-13-5-3-4-8-15-13/h3-9H,2H2,1H3,(H,15,16). The van der Waals surface area contributed by atoms with Crippen molar-refractivity contribution in [1.82, 2.24) is 4.98 Å². The first-order valence-electron chi connectivity index (χ1n) is 5.89. The Bertz CT molecular complexity index is 690. The zero-order valence-electron chi connectivity index (χ0n) is 10.7. The van der Waals surface area contributed by atoms with Crippen molar-refractivity contribution in [2.75, 3.05) is 11.3 Å². The molecule has 7 heteroatoms. The molecular weight excluding hydrogens is 283 g/mol. The minimum Gasteiger partial charge on any atom is -0.491 e. The second-order valence-corrected chi connectivity index (χ2v) is 5.53. The van der Waals surface area contributed by atoms with Crippen molar-refractivity contribution >= 4 is 15.8 Å². The van der Waals surface area contributed by atoms with E-state index in [2.05, 4.69) is 9.71 Å². The Labute approximate surface area is 116 Å². The molecular formula is C13H13FN2O3S. The first-order valence-corrected chi connectivity index (χ1v) is 7.37. The molecule has 0 unspecified atom stereocenters. The van der Waals surface area contributed by atoms with Gasteiger partial charge in [0.1, 0.15) is 5.82 Å². The summed E-state index contributed by atoms with van der Waals surface area (Å²) in [5.74, 6) is -0.540. The molecule has 2 aromatic rings. The fraction of sp³-hybridized carbons (Fsp3) is 0.154. The van der Waals surface area contributed by atoms with E-state index in [-0.39, 0.29) is 16.5 Å². The van der Waals surface area contributed by atoms with Crippen molar-refractivity contribution < 1.29 is 17.5 Å². The number of sulfonamides is 1. The summed E-state index contributed by atoms with van der Waals surface area (Å²) in [6.45, 7) is 2.02. The van der Waals surface area contributed by atoms with Crippen molar-refractivity contribution in [1.29, 1.82) is 0 Å². The van der Waals surface area contributed by atoms with Crippen molar-refractivity contribution in [3.8, 4) is 5.75 Å². The van der Waals surface area contributed by atoms with Crippen molar-refractivity contribution in [3.63, 3.8) is 0 Å². The third kappa shape index (κ3) is 3.24. The maximum Gasteiger partial charge on any atom is 0.263 e. The Morgan fingerprint density at radius 3 is 2.70 bits per heavy atom. The molecule has 0 spiro atoms. The van der Waals surface area contributed by atoms with Gasteiger partial charge in [-0.25, -0.2) is 17.8 Å². The summed E-state index contributed by atoms with van der Waals surface area (Å²) in [6.07, 6.45) is 1.45. The first kappa shape index (κ1) is 14.3. The molecule has 0 radical (unpaired) electrons. The fourth-order valence-corrected chi connectivity index (χ4v) is 2.56. The van der Waals surface area contributed by atoms with E-state index in [0.717, 1.165) is 6.07 Å². The molecule has 0 aliphatic carbocycles. The molecule has 0 amide bonds. The average Bonchev–Trinajstić information content (AvgIpc) is 2.42. The molecule has 106 valence electrons. The van der Waals surface area contributed by atoms with Crippen LogP contribution in [0.1, 0.15) is 6.92 Å². The molecule has 1 aromatic carbocycles. The Balaban J connectivity index is 2.28. The quantitative estimate of drug-likeness (QED) is 0.920. The molecule has 0 saturated heterocycles. The van der Waals surface area contributed by atoms with Crippen LogP contribution in [-0.2, 0) is 10.0 Å². The SMILES string of the molecule is CCOc1ccc(S(=O)(=O)Nc2ccccn2)cc1F. The number of nitrogens with one attached hydrogen (secondary N) is 1. The molecule has 0 aliphatic heterocycles. The molecule has 0 aliphatic rings. The Kier molecular flexibility index (Phi) is 4.19. The van der Waals surface area contributed by atoms with E-state index < -0.39 is 15.8 Å². The second kappa shape index (κ2) is 5.87. The molecule has 5 nitrogen and oxygen atoms in total. The van der Waals surface area contributed by atoms with Crippen LogP contribution < -0.4 is 9.46 Å². The number of benzene rings is 1. The van der Waals surface area contributed by atoms with Crippen molar-refractivity contribution in [2.45, 2.75) is 11.8 Å². The van der Waals surface area contributed by atoms with Gasteiger partial charge in [-0.05, 0) is 37.3 Å². The van der Waals surface area contributed by atoms with Crippen LogP contribution in [0.4, 0.5) is 10.2 Å². The Hall–Kier alpha value is -2.15. The number of pyridine rings is 1. The molecule has 1 heterocycles. The monoisotopic (exact) mass is 296 g/mol. The highest BCUT2D eigenvalue weighted by Gasteiger charge is 2.17. The van der Waals surface area contributed by atoms with Gasteiger partial charge in [-0.15, -0.1) is 0 Å².